The van der Waals surface area contributed by atoms with E-state index in [4.69, 9.17) is 17.3 Å². The largest absolute Gasteiger partial charge is 0.387 e. The molecule has 0 heterocycles. The van der Waals surface area contributed by atoms with Crippen molar-refractivity contribution in [3.05, 3.63) is 29.3 Å². The first-order valence-corrected chi connectivity index (χ1v) is 6.26. The zero-order valence-corrected chi connectivity index (χ0v) is 10.3. The number of rotatable bonds is 5. The van der Waals surface area contributed by atoms with Gasteiger partial charge in [-0.25, -0.2) is 0 Å². The number of nitrogens with two attached hydrogens (primary N) is 1. The van der Waals surface area contributed by atoms with E-state index in [9.17, 15) is 0 Å². The fourth-order valence-electron chi connectivity index (χ4n) is 1.02. The van der Waals surface area contributed by atoms with E-state index in [-0.39, 0.29) is 0 Å². The van der Waals surface area contributed by atoms with Gasteiger partial charge in [0.2, 0.25) is 0 Å². The second-order valence-electron chi connectivity index (χ2n) is 3.12. The van der Waals surface area contributed by atoms with Crippen molar-refractivity contribution in [1.82, 2.24) is 0 Å². The second-order valence-corrected chi connectivity index (χ2v) is 4.60. The maximum Gasteiger partial charge on any atom is 0.104 e. The van der Waals surface area contributed by atoms with E-state index in [0.717, 1.165) is 28.6 Å². The van der Waals surface area contributed by atoms with Gasteiger partial charge in [-0.2, -0.15) is 0 Å². The minimum atomic E-state index is 0.696. The van der Waals surface area contributed by atoms with Crippen LogP contribution in [0, 0.1) is 0 Å². The first-order valence-electron chi connectivity index (χ1n) is 4.89. The van der Waals surface area contributed by atoms with Crippen LogP contribution in [0.1, 0.15) is 13.3 Å². The lowest BCUT2D eigenvalue weighted by atomic mass is 10.4. The van der Waals surface area contributed by atoms with Gasteiger partial charge in [0.25, 0.3) is 0 Å². The molecule has 0 aromatic heterocycles. The summed E-state index contributed by atoms with van der Waals surface area (Å²) in [7, 11) is 0. The Kier molecular flexibility index (Phi) is 5.58. The average molecular weight is 243 g/mol. The Hall–Kier alpha value is -0.670. The minimum Gasteiger partial charge on any atom is -0.387 e. The Morgan fingerprint density at radius 1 is 1.53 bits per heavy atom. The van der Waals surface area contributed by atoms with Gasteiger partial charge in [-0.15, -0.1) is 11.8 Å². The SMILES string of the molecule is CCCN=C(N)CSc1cccc(Cl)c1. The van der Waals surface area contributed by atoms with Crippen LogP contribution in [0.4, 0.5) is 0 Å². The third-order valence-corrected chi connectivity index (χ3v) is 2.98. The van der Waals surface area contributed by atoms with E-state index in [1.54, 1.807) is 11.8 Å². The van der Waals surface area contributed by atoms with Crippen LogP contribution in [0.15, 0.2) is 34.2 Å². The number of hydrogen-bond donors (Lipinski definition) is 1. The number of aliphatic imine (C=N–C) groups is 1. The normalized spacial score (nSPS) is 11.7. The van der Waals surface area contributed by atoms with E-state index in [0.29, 0.717) is 5.84 Å². The monoisotopic (exact) mass is 242 g/mol. The number of nitrogens with zero attached hydrogens (tertiary/aromatic N) is 1. The molecule has 2 N–H and O–H groups in total. The molecule has 1 rings (SSSR count). The number of benzene rings is 1. The van der Waals surface area contributed by atoms with Crippen molar-refractivity contribution >= 4 is 29.2 Å². The van der Waals surface area contributed by atoms with Crippen molar-refractivity contribution in [3.8, 4) is 0 Å². The Balaban J connectivity index is 2.43. The molecule has 0 aliphatic carbocycles. The maximum atomic E-state index is 5.87. The van der Waals surface area contributed by atoms with Gasteiger partial charge in [0.05, 0.1) is 5.75 Å². The zero-order valence-electron chi connectivity index (χ0n) is 8.74. The van der Waals surface area contributed by atoms with Crippen LogP contribution in [0.3, 0.4) is 0 Å². The summed E-state index contributed by atoms with van der Waals surface area (Å²) in [5.41, 5.74) is 5.74. The van der Waals surface area contributed by atoms with Crippen molar-refractivity contribution in [2.75, 3.05) is 12.3 Å². The molecule has 0 aliphatic rings. The maximum absolute atomic E-state index is 5.87. The summed E-state index contributed by atoms with van der Waals surface area (Å²) in [5, 5.41) is 0.754. The van der Waals surface area contributed by atoms with Crippen molar-refractivity contribution < 1.29 is 0 Å². The molecule has 0 saturated carbocycles. The van der Waals surface area contributed by atoms with Crippen molar-refractivity contribution in [3.63, 3.8) is 0 Å². The van der Waals surface area contributed by atoms with E-state index in [1.807, 2.05) is 24.3 Å². The molecule has 0 bridgehead atoms. The summed E-state index contributed by atoms with van der Waals surface area (Å²) in [6.45, 7) is 2.89. The molecule has 4 heteroatoms. The third-order valence-electron chi connectivity index (χ3n) is 1.72. The summed E-state index contributed by atoms with van der Waals surface area (Å²) in [5.74, 6) is 1.42. The number of thioether (sulfide) groups is 1. The topological polar surface area (TPSA) is 38.4 Å². The lowest BCUT2D eigenvalue weighted by Gasteiger charge is -2.01. The Morgan fingerprint density at radius 3 is 3.00 bits per heavy atom. The van der Waals surface area contributed by atoms with Gasteiger partial charge in [0, 0.05) is 16.5 Å². The van der Waals surface area contributed by atoms with Gasteiger partial charge in [0.1, 0.15) is 5.84 Å². The number of hydrogen-bond acceptors (Lipinski definition) is 2. The summed E-state index contributed by atoms with van der Waals surface area (Å²) >= 11 is 7.52. The summed E-state index contributed by atoms with van der Waals surface area (Å²) in [4.78, 5) is 5.34. The standard InChI is InChI=1S/C11H15ClN2S/c1-2-6-14-11(13)8-15-10-5-3-4-9(12)7-10/h3-5,7H,2,6,8H2,1H3,(H2,13,14). The van der Waals surface area contributed by atoms with E-state index in [1.165, 1.54) is 0 Å². The van der Waals surface area contributed by atoms with Crippen LogP contribution in [-0.4, -0.2) is 18.1 Å². The van der Waals surface area contributed by atoms with Gasteiger partial charge < -0.3 is 5.73 Å². The predicted octanol–water partition coefficient (Wildman–Crippen LogP) is 3.20. The highest BCUT2D eigenvalue weighted by atomic mass is 35.5. The second kappa shape index (κ2) is 6.75. The minimum absolute atomic E-state index is 0.696. The van der Waals surface area contributed by atoms with Crippen LogP contribution in [0.5, 0.6) is 0 Å². The fourth-order valence-corrected chi connectivity index (χ4v) is 2.06. The molecule has 1 aromatic rings. The molecule has 82 valence electrons. The quantitative estimate of drug-likeness (QED) is 0.489. The number of halogens is 1. The lowest BCUT2D eigenvalue weighted by Crippen LogP contribution is -2.15. The van der Waals surface area contributed by atoms with Crippen LogP contribution in [0.2, 0.25) is 5.02 Å². The molecule has 0 atom stereocenters. The Morgan fingerprint density at radius 2 is 2.33 bits per heavy atom. The molecule has 0 fully saturated rings. The Bertz CT molecular complexity index is 339. The summed E-state index contributed by atoms with van der Waals surface area (Å²) < 4.78 is 0. The first kappa shape index (κ1) is 12.4. The molecule has 2 nitrogen and oxygen atoms in total. The van der Waals surface area contributed by atoms with Gasteiger partial charge in [-0.3, -0.25) is 4.99 Å². The molecule has 0 spiro atoms. The summed E-state index contributed by atoms with van der Waals surface area (Å²) in [6.07, 6.45) is 1.03. The smallest absolute Gasteiger partial charge is 0.104 e. The highest BCUT2D eigenvalue weighted by Crippen LogP contribution is 2.21. The summed E-state index contributed by atoms with van der Waals surface area (Å²) in [6, 6.07) is 7.74. The first-order chi connectivity index (χ1) is 7.22. The average Bonchev–Trinajstić information content (AvgIpc) is 2.23. The van der Waals surface area contributed by atoms with Crippen molar-refractivity contribution in [2.45, 2.75) is 18.2 Å². The molecule has 1 aromatic carbocycles. The Labute approximate surface area is 99.9 Å². The molecule has 0 saturated heterocycles. The van der Waals surface area contributed by atoms with Crippen molar-refractivity contribution in [2.24, 2.45) is 10.7 Å². The van der Waals surface area contributed by atoms with Crippen LogP contribution < -0.4 is 5.73 Å². The van der Waals surface area contributed by atoms with Gasteiger partial charge in [-0.1, -0.05) is 24.6 Å². The van der Waals surface area contributed by atoms with E-state index < -0.39 is 0 Å². The van der Waals surface area contributed by atoms with Gasteiger partial charge >= 0.3 is 0 Å². The van der Waals surface area contributed by atoms with E-state index >= 15 is 0 Å². The zero-order chi connectivity index (χ0) is 11.1. The lowest BCUT2D eigenvalue weighted by molar-refractivity contribution is 0.929. The molecule has 0 radical (unpaired) electrons. The molecular weight excluding hydrogens is 228 g/mol. The highest BCUT2D eigenvalue weighted by Gasteiger charge is 1.97. The van der Waals surface area contributed by atoms with Gasteiger partial charge in [0.15, 0.2) is 0 Å². The number of amidine groups is 1. The van der Waals surface area contributed by atoms with Crippen LogP contribution in [0.25, 0.3) is 0 Å². The molecule has 15 heavy (non-hydrogen) atoms. The molecule has 0 unspecified atom stereocenters. The van der Waals surface area contributed by atoms with Crippen molar-refractivity contribution in [1.29, 1.82) is 0 Å². The van der Waals surface area contributed by atoms with E-state index in [2.05, 4.69) is 11.9 Å². The highest BCUT2D eigenvalue weighted by molar-refractivity contribution is 8.00. The molecule has 0 aliphatic heterocycles. The third kappa shape index (κ3) is 5.09. The fraction of sp³-hybridized carbons (Fsp3) is 0.364. The molecular formula is C11H15ClN2S. The van der Waals surface area contributed by atoms with Gasteiger partial charge in [-0.05, 0) is 24.6 Å². The predicted molar refractivity (Wildman–Crippen MR) is 69.0 cm³/mol. The molecule has 0 amide bonds. The van der Waals surface area contributed by atoms with Crippen LogP contribution in [-0.2, 0) is 0 Å². The van der Waals surface area contributed by atoms with Crippen LogP contribution >= 0.6 is 23.4 Å².